The van der Waals surface area contributed by atoms with Crippen LogP contribution in [0.15, 0.2) is 22.5 Å². The maximum absolute atomic E-state index is 12.5. The van der Waals surface area contributed by atoms with Crippen molar-refractivity contribution >= 4 is 11.6 Å². The number of carbonyl (C=O) groups is 2. The molecule has 3 rings (SSSR count). The minimum Gasteiger partial charge on any atom is -0.362 e. The summed E-state index contributed by atoms with van der Waals surface area (Å²) in [6.45, 7) is 4.36. The molecule has 0 fully saturated rings. The third-order valence-corrected chi connectivity index (χ3v) is 5.36. The summed E-state index contributed by atoms with van der Waals surface area (Å²) in [5.41, 5.74) is 4.14. The summed E-state index contributed by atoms with van der Waals surface area (Å²) in [5, 5.41) is 3.47. The largest absolute Gasteiger partial charge is 0.362 e. The summed E-state index contributed by atoms with van der Waals surface area (Å²) < 4.78 is 0. The monoisotopic (exact) mass is 287 g/mol. The molecule has 0 radical (unpaired) electrons. The Balaban J connectivity index is 2.11. The topological polar surface area (TPSA) is 46.2 Å². The molecule has 0 aromatic heterocycles. The van der Waals surface area contributed by atoms with Gasteiger partial charge in [-0.15, -0.1) is 0 Å². The zero-order valence-electron chi connectivity index (χ0n) is 13.1. The van der Waals surface area contributed by atoms with Crippen LogP contribution in [0.1, 0.15) is 65.2 Å². The Hall–Kier alpha value is -1.38. The fraction of sp³-hybridized carbons (Fsp3) is 0.667. The van der Waals surface area contributed by atoms with Gasteiger partial charge in [-0.3, -0.25) is 9.59 Å². The maximum Gasteiger partial charge on any atom is 0.161 e. The first kappa shape index (κ1) is 14.6. The molecule has 0 spiro atoms. The number of carbonyl (C=O) groups excluding carboxylic acids is 2. The van der Waals surface area contributed by atoms with Crippen molar-refractivity contribution in [3.05, 3.63) is 22.5 Å². The van der Waals surface area contributed by atoms with Gasteiger partial charge in [0.25, 0.3) is 0 Å². The van der Waals surface area contributed by atoms with Gasteiger partial charge in [-0.2, -0.15) is 0 Å². The molecule has 3 nitrogen and oxygen atoms in total. The molecule has 1 heterocycles. The van der Waals surface area contributed by atoms with Gasteiger partial charge in [0.1, 0.15) is 0 Å². The summed E-state index contributed by atoms with van der Waals surface area (Å²) in [5.74, 6) is 1.01. The molecule has 21 heavy (non-hydrogen) atoms. The van der Waals surface area contributed by atoms with Crippen molar-refractivity contribution in [2.75, 3.05) is 0 Å². The zero-order chi connectivity index (χ0) is 15.0. The zero-order valence-corrected chi connectivity index (χ0v) is 13.1. The van der Waals surface area contributed by atoms with Crippen LogP contribution in [0.3, 0.4) is 0 Å². The molecule has 2 aliphatic carbocycles. The highest BCUT2D eigenvalue weighted by Gasteiger charge is 2.41. The van der Waals surface area contributed by atoms with Crippen molar-refractivity contribution < 1.29 is 9.59 Å². The number of ketones is 2. The molecule has 3 aliphatic rings. The number of rotatable bonds is 3. The molecule has 0 aromatic carbocycles. The van der Waals surface area contributed by atoms with Crippen LogP contribution in [0.2, 0.25) is 0 Å². The van der Waals surface area contributed by atoms with Crippen LogP contribution >= 0.6 is 0 Å². The molecule has 0 saturated carbocycles. The molecule has 0 saturated heterocycles. The van der Waals surface area contributed by atoms with Crippen LogP contribution in [0.4, 0.5) is 0 Å². The molecular weight excluding hydrogens is 262 g/mol. The van der Waals surface area contributed by atoms with E-state index in [0.717, 1.165) is 61.1 Å². The molecule has 114 valence electrons. The van der Waals surface area contributed by atoms with Crippen LogP contribution in [-0.2, 0) is 9.59 Å². The van der Waals surface area contributed by atoms with Crippen molar-refractivity contribution in [1.82, 2.24) is 5.32 Å². The van der Waals surface area contributed by atoms with Crippen LogP contribution in [-0.4, -0.2) is 11.6 Å². The lowest BCUT2D eigenvalue weighted by Gasteiger charge is -2.40. The summed E-state index contributed by atoms with van der Waals surface area (Å²) in [6.07, 6.45) is 7.14. The van der Waals surface area contributed by atoms with Crippen molar-refractivity contribution in [1.29, 1.82) is 0 Å². The highest BCUT2D eigenvalue weighted by atomic mass is 16.1. The Kier molecular flexibility index (Phi) is 4.01. The van der Waals surface area contributed by atoms with E-state index in [4.69, 9.17) is 0 Å². The van der Waals surface area contributed by atoms with E-state index < -0.39 is 0 Å². The van der Waals surface area contributed by atoms with Crippen LogP contribution in [0, 0.1) is 11.8 Å². The molecule has 1 N–H and O–H groups in total. The Morgan fingerprint density at radius 3 is 1.81 bits per heavy atom. The minimum absolute atomic E-state index is 0.0619. The van der Waals surface area contributed by atoms with E-state index in [1.54, 1.807) is 0 Å². The van der Waals surface area contributed by atoms with Gasteiger partial charge in [0.15, 0.2) is 11.6 Å². The smallest absolute Gasteiger partial charge is 0.161 e. The van der Waals surface area contributed by atoms with Gasteiger partial charge in [0.05, 0.1) is 0 Å². The van der Waals surface area contributed by atoms with E-state index >= 15 is 0 Å². The first-order valence-corrected chi connectivity index (χ1v) is 8.46. The minimum atomic E-state index is 0.0619. The summed E-state index contributed by atoms with van der Waals surface area (Å²) in [4.78, 5) is 25.0. The van der Waals surface area contributed by atoms with Gasteiger partial charge >= 0.3 is 0 Å². The second-order valence-electron chi connectivity index (χ2n) is 6.52. The predicted molar refractivity (Wildman–Crippen MR) is 82.5 cm³/mol. The third-order valence-electron chi connectivity index (χ3n) is 5.36. The lowest BCUT2D eigenvalue weighted by molar-refractivity contribution is -0.117. The van der Waals surface area contributed by atoms with Crippen molar-refractivity contribution in [2.45, 2.75) is 65.2 Å². The number of Topliss-reactive ketones (excluding diaryl/α,β-unsaturated/α-hetero) is 2. The first-order valence-electron chi connectivity index (χ1n) is 8.46. The highest BCUT2D eigenvalue weighted by molar-refractivity contribution is 6.04. The first-order chi connectivity index (χ1) is 10.2. The SMILES string of the molecule is CCC(CC)C1C2=C(CCCC2=O)NC2=C1C(=O)CCC2. The van der Waals surface area contributed by atoms with Crippen LogP contribution < -0.4 is 5.32 Å². The summed E-state index contributed by atoms with van der Waals surface area (Å²) in [6, 6.07) is 0. The average Bonchev–Trinajstić information content (AvgIpc) is 2.48. The van der Waals surface area contributed by atoms with Crippen LogP contribution in [0.25, 0.3) is 0 Å². The quantitative estimate of drug-likeness (QED) is 0.861. The Labute approximate surface area is 126 Å². The van der Waals surface area contributed by atoms with E-state index in [-0.39, 0.29) is 17.5 Å². The molecule has 3 heteroatoms. The van der Waals surface area contributed by atoms with Crippen molar-refractivity contribution in [3.63, 3.8) is 0 Å². The standard InChI is InChI=1S/C18H25NO2/c1-3-11(4-2)16-17-12(7-5-9-14(17)20)19-13-8-6-10-15(21)18(13)16/h11,16,19H,3-10H2,1-2H3. The number of hydrogen-bond donors (Lipinski definition) is 1. The second kappa shape index (κ2) is 5.78. The van der Waals surface area contributed by atoms with E-state index in [1.165, 1.54) is 0 Å². The van der Waals surface area contributed by atoms with Gasteiger partial charge < -0.3 is 5.32 Å². The molecule has 1 aliphatic heterocycles. The lowest BCUT2D eigenvalue weighted by atomic mass is 9.68. The van der Waals surface area contributed by atoms with Gasteiger partial charge in [-0.1, -0.05) is 26.7 Å². The highest BCUT2D eigenvalue weighted by Crippen LogP contribution is 2.44. The summed E-state index contributed by atoms with van der Waals surface area (Å²) in [7, 11) is 0. The van der Waals surface area contributed by atoms with Gasteiger partial charge in [-0.05, 0) is 31.6 Å². The van der Waals surface area contributed by atoms with Gasteiger partial charge in [0, 0.05) is 41.3 Å². The van der Waals surface area contributed by atoms with E-state index in [9.17, 15) is 9.59 Å². The fourth-order valence-corrected chi connectivity index (χ4v) is 4.27. The maximum atomic E-state index is 12.5. The molecule has 0 unspecified atom stereocenters. The molecule has 0 aromatic rings. The van der Waals surface area contributed by atoms with Crippen molar-refractivity contribution in [2.24, 2.45) is 11.8 Å². The second-order valence-corrected chi connectivity index (χ2v) is 6.52. The molecule has 0 bridgehead atoms. The number of allylic oxidation sites excluding steroid dienone is 4. The molecule has 0 atom stereocenters. The Bertz CT molecular complexity index is 495. The number of hydrogen-bond acceptors (Lipinski definition) is 3. The summed E-state index contributed by atoms with van der Waals surface area (Å²) >= 11 is 0. The van der Waals surface area contributed by atoms with E-state index in [0.29, 0.717) is 18.8 Å². The number of nitrogens with one attached hydrogen (secondary N) is 1. The lowest BCUT2D eigenvalue weighted by Crippen LogP contribution is -2.39. The van der Waals surface area contributed by atoms with Crippen molar-refractivity contribution in [3.8, 4) is 0 Å². The van der Waals surface area contributed by atoms with E-state index in [2.05, 4.69) is 19.2 Å². The van der Waals surface area contributed by atoms with E-state index in [1.807, 2.05) is 0 Å². The number of dihydropyridines is 1. The predicted octanol–water partition coefficient (Wildman–Crippen LogP) is 3.66. The third kappa shape index (κ3) is 2.37. The average molecular weight is 287 g/mol. The van der Waals surface area contributed by atoms with Crippen LogP contribution in [0.5, 0.6) is 0 Å². The van der Waals surface area contributed by atoms with Gasteiger partial charge in [-0.25, -0.2) is 0 Å². The Morgan fingerprint density at radius 2 is 1.38 bits per heavy atom. The Morgan fingerprint density at radius 1 is 0.905 bits per heavy atom. The molecule has 0 amide bonds. The normalized spacial score (nSPS) is 23.4. The molecular formula is C18H25NO2. The fourth-order valence-electron chi connectivity index (χ4n) is 4.27. The van der Waals surface area contributed by atoms with Gasteiger partial charge in [0.2, 0.25) is 0 Å².